The quantitative estimate of drug-likeness (QED) is 0.326. The molecule has 0 atom stereocenters. The molecule has 3 aromatic carbocycles. The number of carbonyl (C=O) groups is 1. The van der Waals surface area contributed by atoms with E-state index in [4.69, 9.17) is 4.98 Å². The number of amides is 1. The minimum Gasteiger partial charge on any atom is -0.405 e. The van der Waals surface area contributed by atoms with Gasteiger partial charge in [0, 0.05) is 48.6 Å². The number of hydrogen-bond acceptors (Lipinski definition) is 6. The molecule has 0 radical (unpaired) electrons. The molecule has 1 aliphatic rings. The summed E-state index contributed by atoms with van der Waals surface area (Å²) in [6, 6.07) is 22.7. The van der Waals surface area contributed by atoms with E-state index in [9.17, 15) is 18.0 Å². The third-order valence-electron chi connectivity index (χ3n) is 6.15. The average Bonchev–Trinajstić information content (AvgIpc) is 3.35. The molecule has 5 rings (SSSR count). The van der Waals surface area contributed by atoms with Crippen LogP contribution in [0.2, 0.25) is 0 Å². The Labute approximate surface area is 217 Å². The molecule has 0 fully saturated rings. The Bertz CT molecular complexity index is 1460. The lowest BCUT2D eigenvalue weighted by Gasteiger charge is -2.20. The predicted molar refractivity (Wildman–Crippen MR) is 138 cm³/mol. The van der Waals surface area contributed by atoms with Crippen molar-refractivity contribution < 1.29 is 22.7 Å². The van der Waals surface area contributed by atoms with Gasteiger partial charge in [-0.15, -0.1) is 13.2 Å². The summed E-state index contributed by atoms with van der Waals surface area (Å²) in [6.45, 7) is 0.571. The molecule has 2 heterocycles. The van der Waals surface area contributed by atoms with Crippen LogP contribution >= 0.6 is 0 Å². The molecule has 2 N–H and O–H groups in total. The van der Waals surface area contributed by atoms with Gasteiger partial charge in [0.1, 0.15) is 17.4 Å². The van der Waals surface area contributed by atoms with Crippen molar-refractivity contribution in [1.29, 1.82) is 0 Å². The number of carbonyl (C=O) groups excluding carboxylic acids is 1. The molecule has 0 aliphatic carbocycles. The summed E-state index contributed by atoms with van der Waals surface area (Å²) in [5, 5.41) is 5.78. The van der Waals surface area contributed by atoms with Gasteiger partial charge in [-0.05, 0) is 36.2 Å². The van der Waals surface area contributed by atoms with E-state index in [0.29, 0.717) is 30.2 Å². The van der Waals surface area contributed by atoms with Crippen LogP contribution in [0.5, 0.6) is 5.75 Å². The van der Waals surface area contributed by atoms with Crippen LogP contribution in [0.3, 0.4) is 0 Å². The maximum atomic E-state index is 12.8. The standard InChI is InChI=1S/C28H24F3N5O2/c1-32-24-16-25(35-26(34-24)18-7-3-2-4-8-18)36-14-13-19-15-20(11-12-22(19)36)27(37)33-17-21-9-5-6-10-23(21)38-28(29,30)31/h2-12,15-16H,13-14,17H2,1H3,(H,33,37)(H,32,34,35). The number of fused-ring (bicyclic) bond motifs is 1. The molecule has 10 heteroatoms. The largest absolute Gasteiger partial charge is 0.573 e. The monoisotopic (exact) mass is 519 g/mol. The fourth-order valence-corrected chi connectivity index (χ4v) is 4.35. The number of nitrogens with zero attached hydrogens (tertiary/aromatic N) is 3. The number of rotatable bonds is 7. The van der Waals surface area contributed by atoms with Crippen molar-refractivity contribution in [2.45, 2.75) is 19.3 Å². The maximum Gasteiger partial charge on any atom is 0.573 e. The molecule has 1 aromatic heterocycles. The van der Waals surface area contributed by atoms with Crippen LogP contribution in [0, 0.1) is 0 Å². The molecule has 0 bridgehead atoms. The second kappa shape index (κ2) is 10.4. The number of aromatic nitrogens is 2. The zero-order chi connectivity index (χ0) is 26.7. The minimum atomic E-state index is -4.81. The van der Waals surface area contributed by atoms with E-state index in [2.05, 4.69) is 25.3 Å². The van der Waals surface area contributed by atoms with Crippen molar-refractivity contribution in [2.75, 3.05) is 23.8 Å². The Morgan fingerprint density at radius 1 is 1.00 bits per heavy atom. The molecule has 1 amide bonds. The lowest BCUT2D eigenvalue weighted by molar-refractivity contribution is -0.274. The van der Waals surface area contributed by atoms with Gasteiger partial charge in [0.2, 0.25) is 0 Å². The van der Waals surface area contributed by atoms with Crippen molar-refractivity contribution in [3.63, 3.8) is 0 Å². The predicted octanol–water partition coefficient (Wildman–Crippen LogP) is 5.71. The van der Waals surface area contributed by atoms with Crippen LogP contribution in [0.4, 0.5) is 30.5 Å². The Balaban J connectivity index is 1.34. The Morgan fingerprint density at radius 2 is 1.76 bits per heavy atom. The molecule has 38 heavy (non-hydrogen) atoms. The van der Waals surface area contributed by atoms with Gasteiger partial charge in [0.05, 0.1) is 0 Å². The van der Waals surface area contributed by atoms with Crippen LogP contribution in [-0.2, 0) is 13.0 Å². The van der Waals surface area contributed by atoms with Crippen LogP contribution in [0.1, 0.15) is 21.5 Å². The first kappa shape index (κ1) is 25.1. The van der Waals surface area contributed by atoms with Gasteiger partial charge >= 0.3 is 6.36 Å². The number of anilines is 3. The van der Waals surface area contributed by atoms with Crippen LogP contribution in [0.25, 0.3) is 11.4 Å². The van der Waals surface area contributed by atoms with Crippen LogP contribution < -0.4 is 20.3 Å². The van der Waals surface area contributed by atoms with E-state index in [1.165, 1.54) is 18.2 Å². The lowest BCUT2D eigenvalue weighted by Crippen LogP contribution is -2.24. The molecule has 194 valence electrons. The first-order valence-corrected chi connectivity index (χ1v) is 12.0. The molecule has 0 unspecified atom stereocenters. The normalized spacial score (nSPS) is 12.7. The van der Waals surface area contributed by atoms with Gasteiger partial charge < -0.3 is 20.3 Å². The number of ether oxygens (including phenoxy) is 1. The van der Waals surface area contributed by atoms with Crippen molar-refractivity contribution in [1.82, 2.24) is 15.3 Å². The highest BCUT2D eigenvalue weighted by atomic mass is 19.4. The SMILES string of the molecule is CNc1cc(N2CCc3cc(C(=O)NCc4ccccc4OC(F)(F)F)ccc32)nc(-c2ccccc2)n1. The third-order valence-corrected chi connectivity index (χ3v) is 6.15. The van der Waals surface area contributed by atoms with Crippen molar-refractivity contribution in [3.8, 4) is 17.1 Å². The molecular weight excluding hydrogens is 495 g/mol. The topological polar surface area (TPSA) is 79.4 Å². The molecule has 0 spiro atoms. The van der Waals surface area contributed by atoms with Crippen molar-refractivity contribution in [2.24, 2.45) is 0 Å². The highest BCUT2D eigenvalue weighted by Crippen LogP contribution is 2.36. The van der Waals surface area contributed by atoms with Gasteiger partial charge in [0.25, 0.3) is 5.91 Å². The maximum absolute atomic E-state index is 12.8. The van der Waals surface area contributed by atoms with E-state index >= 15 is 0 Å². The smallest absolute Gasteiger partial charge is 0.405 e. The average molecular weight is 520 g/mol. The summed E-state index contributed by atoms with van der Waals surface area (Å²) in [4.78, 5) is 24.3. The molecule has 4 aromatic rings. The van der Waals surface area contributed by atoms with Crippen LogP contribution in [0.15, 0.2) is 78.9 Å². The molecular formula is C28H24F3N5O2. The fourth-order valence-electron chi connectivity index (χ4n) is 4.35. The fraction of sp³-hybridized carbons (Fsp3) is 0.179. The summed E-state index contributed by atoms with van der Waals surface area (Å²) in [7, 11) is 1.80. The van der Waals surface area contributed by atoms with E-state index in [-0.39, 0.29) is 23.8 Å². The Kier molecular flexibility index (Phi) is 6.87. The zero-order valence-electron chi connectivity index (χ0n) is 20.4. The van der Waals surface area contributed by atoms with E-state index in [1.807, 2.05) is 42.5 Å². The molecule has 1 aliphatic heterocycles. The van der Waals surface area contributed by atoms with Gasteiger partial charge in [-0.2, -0.15) is 0 Å². The summed E-state index contributed by atoms with van der Waals surface area (Å²) in [5.41, 5.74) is 3.46. The number of alkyl halides is 3. The number of halogens is 3. The lowest BCUT2D eigenvalue weighted by atomic mass is 10.1. The van der Waals surface area contributed by atoms with Gasteiger partial charge in [-0.3, -0.25) is 4.79 Å². The second-order valence-electron chi connectivity index (χ2n) is 8.63. The minimum absolute atomic E-state index is 0.107. The highest BCUT2D eigenvalue weighted by Gasteiger charge is 2.32. The van der Waals surface area contributed by atoms with Gasteiger partial charge in [-0.25, -0.2) is 9.97 Å². The zero-order valence-corrected chi connectivity index (χ0v) is 20.4. The highest BCUT2D eigenvalue weighted by molar-refractivity contribution is 5.95. The van der Waals surface area contributed by atoms with Crippen LogP contribution in [-0.4, -0.2) is 35.8 Å². The summed E-state index contributed by atoms with van der Waals surface area (Å²) < 4.78 is 42.1. The van der Waals surface area contributed by atoms with E-state index in [0.717, 1.165) is 22.6 Å². The number of nitrogens with one attached hydrogen (secondary N) is 2. The molecule has 0 saturated carbocycles. The van der Waals surface area contributed by atoms with Crippen molar-refractivity contribution in [3.05, 3.63) is 95.6 Å². The Hall–Kier alpha value is -4.60. The third kappa shape index (κ3) is 5.54. The van der Waals surface area contributed by atoms with Crippen molar-refractivity contribution >= 4 is 23.2 Å². The molecule has 0 saturated heterocycles. The molecule has 7 nitrogen and oxygen atoms in total. The van der Waals surface area contributed by atoms with E-state index in [1.54, 1.807) is 25.2 Å². The Morgan fingerprint density at radius 3 is 2.53 bits per heavy atom. The first-order valence-electron chi connectivity index (χ1n) is 12.0. The summed E-state index contributed by atoms with van der Waals surface area (Å²) in [5.74, 6) is 1.30. The summed E-state index contributed by atoms with van der Waals surface area (Å²) >= 11 is 0. The number of hydrogen-bond donors (Lipinski definition) is 2. The summed E-state index contributed by atoms with van der Waals surface area (Å²) in [6.07, 6.45) is -4.11. The van der Waals surface area contributed by atoms with E-state index < -0.39 is 6.36 Å². The van der Waals surface area contributed by atoms with Gasteiger partial charge in [-0.1, -0.05) is 48.5 Å². The first-order chi connectivity index (χ1) is 18.3. The second-order valence-corrected chi connectivity index (χ2v) is 8.63. The van der Waals surface area contributed by atoms with Gasteiger partial charge in [0.15, 0.2) is 5.82 Å². The number of benzene rings is 3. The number of para-hydroxylation sites is 1.